The number of nitrogens with zero attached hydrogens (tertiary/aromatic N) is 3. The van der Waals surface area contributed by atoms with Gasteiger partial charge in [-0.2, -0.15) is 4.99 Å². The number of pyridine rings is 1. The van der Waals surface area contributed by atoms with Gasteiger partial charge >= 0.3 is 0 Å². The molecule has 3 aromatic rings. The molecule has 1 aliphatic rings. The number of piperidine rings is 1. The predicted molar refractivity (Wildman–Crippen MR) is 154 cm³/mol. The Bertz CT molecular complexity index is 1430. The molecule has 0 radical (unpaired) electrons. The predicted octanol–water partition coefficient (Wildman–Crippen LogP) is 3.32. The molecule has 1 aromatic heterocycles. The average molecular weight is 550 g/mol. The SMILES string of the molecule is CC(C)NS(=O)(=O)c1cccc(-c2cccc(/N=C(\N)Nc3ccc(C(=O)NC4CCN(C)CC4)cc3)n2)c1. The molecule has 206 valence electrons. The Labute approximate surface area is 229 Å². The Kier molecular flexibility index (Phi) is 8.95. The van der Waals surface area contributed by atoms with Crippen LogP contribution in [0.1, 0.15) is 37.0 Å². The quantitative estimate of drug-likeness (QED) is 0.249. The standard InChI is InChI=1S/C28H35N7O3S/c1-19(2)34-39(37,38)24-7-4-6-21(18-24)25-8-5-9-26(32-25)33-28(29)31-22-12-10-20(11-13-22)27(36)30-23-14-16-35(3)17-15-23/h4-13,18-19,23,34H,14-17H2,1-3H3,(H,30,36)(H3,29,31,32,33). The highest BCUT2D eigenvalue weighted by molar-refractivity contribution is 7.89. The van der Waals surface area contributed by atoms with Crippen LogP contribution in [0.25, 0.3) is 11.3 Å². The third-order valence-electron chi connectivity index (χ3n) is 6.27. The summed E-state index contributed by atoms with van der Waals surface area (Å²) in [6, 6.07) is 18.8. The summed E-state index contributed by atoms with van der Waals surface area (Å²) >= 11 is 0. The second kappa shape index (κ2) is 12.4. The van der Waals surface area contributed by atoms with Crippen molar-refractivity contribution in [2.24, 2.45) is 10.7 Å². The van der Waals surface area contributed by atoms with Crippen LogP contribution in [0.4, 0.5) is 11.5 Å². The summed E-state index contributed by atoms with van der Waals surface area (Å²) in [6.45, 7) is 5.50. The van der Waals surface area contributed by atoms with Gasteiger partial charge in [-0.25, -0.2) is 18.1 Å². The van der Waals surface area contributed by atoms with Crippen molar-refractivity contribution in [2.75, 3.05) is 25.5 Å². The monoisotopic (exact) mass is 549 g/mol. The number of aromatic nitrogens is 1. The van der Waals surface area contributed by atoms with E-state index in [2.05, 4.69) is 37.3 Å². The first kappa shape index (κ1) is 28.2. The first-order valence-corrected chi connectivity index (χ1v) is 14.4. The van der Waals surface area contributed by atoms with Crippen molar-refractivity contribution in [2.45, 2.75) is 43.7 Å². The van der Waals surface area contributed by atoms with Gasteiger partial charge in [-0.3, -0.25) is 4.79 Å². The number of sulfonamides is 1. The summed E-state index contributed by atoms with van der Waals surface area (Å²) in [5, 5.41) is 6.12. The number of hydrogen-bond acceptors (Lipinski definition) is 6. The number of nitrogens with two attached hydrogens (primary N) is 1. The van der Waals surface area contributed by atoms with Crippen LogP contribution in [0.2, 0.25) is 0 Å². The second-order valence-electron chi connectivity index (χ2n) is 9.94. The maximum Gasteiger partial charge on any atom is 0.251 e. The lowest BCUT2D eigenvalue weighted by Crippen LogP contribution is -2.43. The van der Waals surface area contributed by atoms with Crippen molar-refractivity contribution >= 4 is 33.4 Å². The highest BCUT2D eigenvalue weighted by atomic mass is 32.2. The second-order valence-corrected chi connectivity index (χ2v) is 11.6. The zero-order chi connectivity index (χ0) is 28.0. The molecule has 4 rings (SSSR count). The highest BCUT2D eigenvalue weighted by Gasteiger charge is 2.19. The van der Waals surface area contributed by atoms with Gasteiger partial charge in [0.25, 0.3) is 5.91 Å². The van der Waals surface area contributed by atoms with E-state index >= 15 is 0 Å². The van der Waals surface area contributed by atoms with Crippen molar-refractivity contribution in [1.29, 1.82) is 0 Å². The molecular weight excluding hydrogens is 514 g/mol. The van der Waals surface area contributed by atoms with Gasteiger partial charge in [0.15, 0.2) is 11.8 Å². The maximum absolute atomic E-state index is 12.6. The largest absolute Gasteiger partial charge is 0.369 e. The van der Waals surface area contributed by atoms with Crippen LogP contribution >= 0.6 is 0 Å². The Balaban J connectivity index is 1.41. The average Bonchev–Trinajstić information content (AvgIpc) is 2.90. The molecule has 39 heavy (non-hydrogen) atoms. The van der Waals surface area contributed by atoms with Gasteiger partial charge in [0, 0.05) is 28.9 Å². The molecule has 5 N–H and O–H groups in total. The third-order valence-corrected chi connectivity index (χ3v) is 7.93. The summed E-state index contributed by atoms with van der Waals surface area (Å²) in [5.74, 6) is 0.399. The minimum absolute atomic E-state index is 0.0874. The Morgan fingerprint density at radius 2 is 1.74 bits per heavy atom. The third kappa shape index (κ3) is 7.85. The van der Waals surface area contributed by atoms with E-state index in [0.29, 0.717) is 28.3 Å². The molecule has 1 saturated heterocycles. The molecule has 1 fully saturated rings. The molecule has 1 aliphatic heterocycles. The zero-order valence-corrected chi connectivity index (χ0v) is 23.2. The van der Waals surface area contributed by atoms with E-state index in [1.807, 2.05) is 0 Å². The highest BCUT2D eigenvalue weighted by Crippen LogP contribution is 2.23. The molecule has 10 nitrogen and oxygen atoms in total. The molecule has 2 aromatic carbocycles. The lowest BCUT2D eigenvalue weighted by Gasteiger charge is -2.29. The van der Waals surface area contributed by atoms with Crippen LogP contribution in [0.3, 0.4) is 0 Å². The van der Waals surface area contributed by atoms with E-state index in [9.17, 15) is 13.2 Å². The van der Waals surface area contributed by atoms with Crippen molar-refractivity contribution < 1.29 is 13.2 Å². The van der Waals surface area contributed by atoms with Gasteiger partial charge in [-0.15, -0.1) is 0 Å². The van der Waals surface area contributed by atoms with Crippen LogP contribution in [0.5, 0.6) is 0 Å². The summed E-state index contributed by atoms with van der Waals surface area (Å²) < 4.78 is 27.7. The zero-order valence-electron chi connectivity index (χ0n) is 22.4. The number of carbonyl (C=O) groups is 1. The maximum atomic E-state index is 12.6. The number of aliphatic imine (C=N–C) groups is 1. The number of amides is 1. The molecule has 0 atom stereocenters. The smallest absolute Gasteiger partial charge is 0.251 e. The lowest BCUT2D eigenvalue weighted by molar-refractivity contribution is 0.0917. The summed E-state index contributed by atoms with van der Waals surface area (Å²) in [6.07, 6.45) is 1.90. The molecule has 0 saturated carbocycles. The van der Waals surface area contributed by atoms with Gasteiger partial charge in [0.1, 0.15) is 0 Å². The van der Waals surface area contributed by atoms with Crippen molar-refractivity contribution in [3.05, 3.63) is 72.3 Å². The van der Waals surface area contributed by atoms with E-state index in [4.69, 9.17) is 5.73 Å². The lowest BCUT2D eigenvalue weighted by atomic mass is 10.0. The fourth-order valence-electron chi connectivity index (χ4n) is 4.27. The number of carbonyl (C=O) groups excluding carboxylic acids is 1. The normalized spacial score (nSPS) is 15.3. The summed E-state index contributed by atoms with van der Waals surface area (Å²) in [7, 11) is -1.55. The molecule has 2 heterocycles. The van der Waals surface area contributed by atoms with Crippen molar-refractivity contribution in [1.82, 2.24) is 19.9 Å². The number of hydrogen-bond donors (Lipinski definition) is 4. The minimum atomic E-state index is -3.63. The van der Waals surface area contributed by atoms with Gasteiger partial charge in [-0.1, -0.05) is 18.2 Å². The number of anilines is 1. The molecule has 11 heteroatoms. The Hall–Kier alpha value is -3.80. The van der Waals surface area contributed by atoms with E-state index in [1.165, 1.54) is 0 Å². The Morgan fingerprint density at radius 1 is 1.05 bits per heavy atom. The molecule has 0 spiro atoms. The molecule has 0 aliphatic carbocycles. The fraction of sp³-hybridized carbons (Fsp3) is 0.321. The number of guanidine groups is 1. The molecular formula is C28H35N7O3S. The van der Waals surface area contributed by atoms with E-state index in [0.717, 1.165) is 25.9 Å². The number of nitrogens with one attached hydrogen (secondary N) is 3. The van der Waals surface area contributed by atoms with E-state index in [1.54, 1.807) is 80.6 Å². The van der Waals surface area contributed by atoms with E-state index < -0.39 is 10.0 Å². The first-order valence-electron chi connectivity index (χ1n) is 12.9. The van der Waals surface area contributed by atoms with Crippen LogP contribution in [-0.4, -0.2) is 62.4 Å². The molecule has 1 amide bonds. The van der Waals surface area contributed by atoms with Crippen LogP contribution < -0.4 is 21.1 Å². The van der Waals surface area contributed by atoms with Gasteiger partial charge in [0.05, 0.1) is 10.6 Å². The Morgan fingerprint density at radius 3 is 2.44 bits per heavy atom. The van der Waals surface area contributed by atoms with Gasteiger partial charge in [-0.05, 0) is 95.4 Å². The topological polar surface area (TPSA) is 142 Å². The van der Waals surface area contributed by atoms with Crippen LogP contribution in [0, 0.1) is 0 Å². The fourth-order valence-corrected chi connectivity index (χ4v) is 5.57. The van der Waals surface area contributed by atoms with Crippen LogP contribution in [0.15, 0.2) is 76.6 Å². The number of rotatable bonds is 8. The van der Waals surface area contributed by atoms with Crippen molar-refractivity contribution in [3.63, 3.8) is 0 Å². The van der Waals surface area contributed by atoms with Crippen molar-refractivity contribution in [3.8, 4) is 11.3 Å². The first-order chi connectivity index (χ1) is 18.6. The van der Waals surface area contributed by atoms with Crippen LogP contribution in [-0.2, 0) is 10.0 Å². The number of benzene rings is 2. The summed E-state index contributed by atoms with van der Waals surface area (Å²) in [5.41, 5.74) is 8.57. The van der Waals surface area contributed by atoms with Gasteiger partial charge < -0.3 is 21.3 Å². The molecule has 0 bridgehead atoms. The summed E-state index contributed by atoms with van der Waals surface area (Å²) in [4.78, 5) is 23.9. The minimum Gasteiger partial charge on any atom is -0.369 e. The number of likely N-dealkylation sites (tertiary alicyclic amines) is 1. The molecule has 0 unspecified atom stereocenters. The van der Waals surface area contributed by atoms with Gasteiger partial charge in [0.2, 0.25) is 10.0 Å². The van der Waals surface area contributed by atoms with E-state index in [-0.39, 0.29) is 28.8 Å².